The first-order chi connectivity index (χ1) is 9.67. The first-order valence-corrected chi connectivity index (χ1v) is 7.45. The lowest BCUT2D eigenvalue weighted by atomic mass is 9.87. The highest BCUT2D eigenvalue weighted by Gasteiger charge is 2.18. The fourth-order valence-corrected chi connectivity index (χ4v) is 2.42. The molecule has 0 radical (unpaired) electrons. The number of rotatable bonds is 6. The van der Waals surface area contributed by atoms with E-state index in [2.05, 4.69) is 31.0 Å². The van der Waals surface area contributed by atoms with Crippen molar-refractivity contribution < 1.29 is 4.79 Å². The molecular weight excluding hydrogens is 262 g/mol. The second kappa shape index (κ2) is 7.57. The van der Waals surface area contributed by atoms with E-state index < -0.39 is 0 Å². The van der Waals surface area contributed by atoms with E-state index in [1.165, 1.54) is 0 Å². The van der Waals surface area contributed by atoms with Crippen molar-refractivity contribution >= 4 is 11.6 Å². The topological polar surface area (TPSA) is 58.4 Å². The van der Waals surface area contributed by atoms with Gasteiger partial charge in [-0.15, -0.1) is 0 Å². The quantitative estimate of drug-likeness (QED) is 0.847. The molecule has 0 aliphatic heterocycles. The Kier molecular flexibility index (Phi) is 6.37. The average molecular weight is 291 g/mol. The summed E-state index contributed by atoms with van der Waals surface area (Å²) in [7, 11) is 4.02. The molecule has 0 heterocycles. The number of amides is 1. The maximum absolute atomic E-state index is 12.1. The van der Waals surface area contributed by atoms with Gasteiger partial charge in [0.25, 0.3) is 0 Å². The van der Waals surface area contributed by atoms with Crippen LogP contribution >= 0.6 is 0 Å². The Morgan fingerprint density at radius 3 is 2.48 bits per heavy atom. The molecule has 0 saturated heterocycles. The van der Waals surface area contributed by atoms with Crippen LogP contribution in [0.2, 0.25) is 0 Å². The third kappa shape index (κ3) is 7.25. The predicted molar refractivity (Wildman–Crippen MR) is 89.1 cm³/mol. The molecule has 0 aliphatic rings. The minimum atomic E-state index is -0.106. The molecule has 0 bridgehead atoms. The first-order valence-electron chi connectivity index (χ1n) is 7.45. The van der Waals surface area contributed by atoms with Crippen LogP contribution in [0.15, 0.2) is 24.3 Å². The van der Waals surface area contributed by atoms with Gasteiger partial charge in [0.1, 0.15) is 0 Å². The Balaban J connectivity index is 2.63. The number of para-hydroxylation sites is 1. The standard InChI is InChI=1S/C17H29N3O/c1-17(2,3)11-14(18)10-16(21)19-15-9-7-6-8-13(15)12-20(4)5/h6-9,14H,10-12,18H2,1-5H3,(H,19,21). The van der Waals surface area contributed by atoms with E-state index in [-0.39, 0.29) is 17.4 Å². The Labute approximate surface area is 128 Å². The van der Waals surface area contributed by atoms with Crippen molar-refractivity contribution in [3.05, 3.63) is 29.8 Å². The van der Waals surface area contributed by atoms with Gasteiger partial charge in [-0.25, -0.2) is 0 Å². The molecule has 1 unspecified atom stereocenters. The number of carbonyl (C=O) groups excluding carboxylic acids is 1. The van der Waals surface area contributed by atoms with Crippen LogP contribution < -0.4 is 11.1 Å². The molecule has 4 heteroatoms. The third-order valence-electron chi connectivity index (χ3n) is 3.10. The molecule has 0 spiro atoms. The molecular formula is C17H29N3O. The number of nitrogens with zero attached hydrogens (tertiary/aromatic N) is 1. The van der Waals surface area contributed by atoms with Gasteiger partial charge >= 0.3 is 0 Å². The summed E-state index contributed by atoms with van der Waals surface area (Å²) >= 11 is 0. The van der Waals surface area contributed by atoms with Crippen molar-refractivity contribution in [1.29, 1.82) is 0 Å². The van der Waals surface area contributed by atoms with E-state index in [9.17, 15) is 4.79 Å². The van der Waals surface area contributed by atoms with Gasteiger partial charge in [0.2, 0.25) is 5.91 Å². The SMILES string of the molecule is CN(C)Cc1ccccc1NC(=O)CC(N)CC(C)(C)C. The van der Waals surface area contributed by atoms with E-state index in [1.54, 1.807) is 0 Å². The van der Waals surface area contributed by atoms with Crippen LogP contribution in [-0.2, 0) is 11.3 Å². The van der Waals surface area contributed by atoms with Crippen LogP contribution in [0.25, 0.3) is 0 Å². The van der Waals surface area contributed by atoms with Gasteiger partial charge in [-0.05, 0) is 37.6 Å². The zero-order valence-corrected chi connectivity index (χ0v) is 13.9. The summed E-state index contributed by atoms with van der Waals surface area (Å²) in [5.41, 5.74) is 8.19. The number of hydrogen-bond donors (Lipinski definition) is 2. The number of hydrogen-bond acceptors (Lipinski definition) is 3. The summed E-state index contributed by atoms with van der Waals surface area (Å²) in [5.74, 6) is -0.0158. The molecule has 0 saturated carbocycles. The van der Waals surface area contributed by atoms with Crippen LogP contribution in [0, 0.1) is 5.41 Å². The molecule has 21 heavy (non-hydrogen) atoms. The number of carbonyl (C=O) groups is 1. The number of nitrogens with one attached hydrogen (secondary N) is 1. The molecule has 0 aromatic heterocycles. The minimum Gasteiger partial charge on any atom is -0.327 e. The molecule has 1 aromatic carbocycles. The fraction of sp³-hybridized carbons (Fsp3) is 0.588. The van der Waals surface area contributed by atoms with Crippen LogP contribution in [0.4, 0.5) is 5.69 Å². The third-order valence-corrected chi connectivity index (χ3v) is 3.10. The normalized spacial score (nSPS) is 13.3. The lowest BCUT2D eigenvalue weighted by Gasteiger charge is -2.23. The molecule has 1 atom stereocenters. The Morgan fingerprint density at radius 2 is 1.90 bits per heavy atom. The van der Waals surface area contributed by atoms with Crippen molar-refractivity contribution in [1.82, 2.24) is 4.90 Å². The molecule has 1 aromatic rings. The van der Waals surface area contributed by atoms with E-state index in [1.807, 2.05) is 38.4 Å². The zero-order valence-electron chi connectivity index (χ0n) is 13.9. The van der Waals surface area contributed by atoms with Gasteiger partial charge in [0.05, 0.1) is 0 Å². The summed E-state index contributed by atoms with van der Waals surface area (Å²) < 4.78 is 0. The lowest BCUT2D eigenvalue weighted by Crippen LogP contribution is -2.31. The summed E-state index contributed by atoms with van der Waals surface area (Å²) in [6, 6.07) is 7.78. The fourth-order valence-electron chi connectivity index (χ4n) is 2.42. The molecule has 4 nitrogen and oxygen atoms in total. The predicted octanol–water partition coefficient (Wildman–Crippen LogP) is 2.84. The molecule has 1 rings (SSSR count). The summed E-state index contributed by atoms with van der Waals surface area (Å²) in [5, 5.41) is 2.99. The van der Waals surface area contributed by atoms with Crippen molar-refractivity contribution in [2.75, 3.05) is 19.4 Å². The second-order valence-corrected chi connectivity index (χ2v) is 7.17. The van der Waals surface area contributed by atoms with Crippen molar-refractivity contribution in [3.8, 4) is 0 Å². The highest BCUT2D eigenvalue weighted by Crippen LogP contribution is 2.22. The van der Waals surface area contributed by atoms with Crippen LogP contribution in [0.1, 0.15) is 39.2 Å². The summed E-state index contributed by atoms with van der Waals surface area (Å²) in [4.78, 5) is 14.2. The number of anilines is 1. The highest BCUT2D eigenvalue weighted by molar-refractivity contribution is 5.91. The smallest absolute Gasteiger partial charge is 0.225 e. The van der Waals surface area contributed by atoms with Crippen LogP contribution in [0.3, 0.4) is 0 Å². The first kappa shape index (κ1) is 17.7. The van der Waals surface area contributed by atoms with Gasteiger partial charge in [-0.2, -0.15) is 0 Å². The van der Waals surface area contributed by atoms with Gasteiger partial charge in [-0.3, -0.25) is 4.79 Å². The monoisotopic (exact) mass is 291 g/mol. The number of nitrogens with two attached hydrogens (primary N) is 1. The minimum absolute atomic E-state index is 0.0158. The van der Waals surface area contributed by atoms with E-state index in [0.717, 1.165) is 24.2 Å². The highest BCUT2D eigenvalue weighted by atomic mass is 16.1. The summed E-state index contributed by atoms with van der Waals surface area (Å²) in [6.45, 7) is 7.20. The van der Waals surface area contributed by atoms with E-state index >= 15 is 0 Å². The molecule has 1 amide bonds. The van der Waals surface area contributed by atoms with Gasteiger partial charge in [0, 0.05) is 24.7 Å². The molecule has 0 aliphatic carbocycles. The number of benzene rings is 1. The van der Waals surface area contributed by atoms with Crippen LogP contribution in [0.5, 0.6) is 0 Å². The Bertz CT molecular complexity index is 463. The molecule has 118 valence electrons. The largest absolute Gasteiger partial charge is 0.327 e. The lowest BCUT2D eigenvalue weighted by molar-refractivity contribution is -0.116. The maximum Gasteiger partial charge on any atom is 0.225 e. The maximum atomic E-state index is 12.1. The van der Waals surface area contributed by atoms with Crippen molar-refractivity contribution in [2.45, 2.75) is 46.2 Å². The van der Waals surface area contributed by atoms with Crippen molar-refractivity contribution in [2.24, 2.45) is 11.1 Å². The summed E-state index contributed by atoms with van der Waals surface area (Å²) in [6.07, 6.45) is 1.19. The zero-order chi connectivity index (χ0) is 16.0. The van der Waals surface area contributed by atoms with Crippen molar-refractivity contribution in [3.63, 3.8) is 0 Å². The van der Waals surface area contributed by atoms with Gasteiger partial charge < -0.3 is 16.0 Å². The second-order valence-electron chi connectivity index (χ2n) is 7.17. The van der Waals surface area contributed by atoms with E-state index in [0.29, 0.717) is 6.42 Å². The Morgan fingerprint density at radius 1 is 1.29 bits per heavy atom. The molecule has 0 fully saturated rings. The van der Waals surface area contributed by atoms with E-state index in [4.69, 9.17) is 5.73 Å². The van der Waals surface area contributed by atoms with Gasteiger partial charge in [0.15, 0.2) is 0 Å². The van der Waals surface area contributed by atoms with Crippen LogP contribution in [-0.4, -0.2) is 30.9 Å². The average Bonchev–Trinajstić information content (AvgIpc) is 2.28. The van der Waals surface area contributed by atoms with Gasteiger partial charge in [-0.1, -0.05) is 39.0 Å². The molecule has 3 N–H and O–H groups in total. The Hall–Kier alpha value is -1.39.